The fraction of sp³-hybridized carbons (Fsp3) is 0.462. The third kappa shape index (κ3) is 6.49. The molecule has 0 aliphatic heterocycles. The molecule has 4 nitrogen and oxygen atoms in total. The molecule has 1 N–H and O–H groups in total. The van der Waals surface area contributed by atoms with Gasteiger partial charge in [0.1, 0.15) is 6.04 Å². The third-order valence-corrected chi connectivity index (χ3v) is 6.99. The molecule has 172 valence electrons. The number of carbonyl (C=O) groups is 2. The molecule has 2 amide bonds. The van der Waals surface area contributed by atoms with E-state index in [2.05, 4.69) is 5.32 Å². The maximum Gasteiger partial charge on any atom is 0.242 e. The van der Waals surface area contributed by atoms with E-state index in [0.717, 1.165) is 42.4 Å². The predicted molar refractivity (Wildman–Crippen MR) is 131 cm³/mol. The van der Waals surface area contributed by atoms with Crippen LogP contribution < -0.4 is 5.32 Å². The zero-order valence-electron chi connectivity index (χ0n) is 19.1. The minimum Gasteiger partial charge on any atom is -0.352 e. The minimum absolute atomic E-state index is 0.106. The number of benzene rings is 2. The van der Waals surface area contributed by atoms with Crippen LogP contribution in [-0.4, -0.2) is 28.8 Å². The van der Waals surface area contributed by atoms with Crippen LogP contribution in [-0.2, 0) is 22.6 Å². The van der Waals surface area contributed by atoms with E-state index in [1.807, 2.05) is 38.1 Å². The number of nitrogens with one attached hydrogen (secondary N) is 1. The molecular formula is C26H32Cl2N2O2. The van der Waals surface area contributed by atoms with Crippen LogP contribution in [0.15, 0.2) is 36.4 Å². The Morgan fingerprint density at radius 2 is 1.75 bits per heavy atom. The van der Waals surface area contributed by atoms with Crippen LogP contribution in [0.1, 0.15) is 61.3 Å². The highest BCUT2D eigenvalue weighted by atomic mass is 35.5. The topological polar surface area (TPSA) is 49.4 Å². The van der Waals surface area contributed by atoms with Crippen molar-refractivity contribution in [3.63, 3.8) is 0 Å². The predicted octanol–water partition coefficient (Wildman–Crippen LogP) is 6.02. The molecule has 0 aromatic heterocycles. The first kappa shape index (κ1) is 24.6. The van der Waals surface area contributed by atoms with Gasteiger partial charge in [-0.05, 0) is 68.0 Å². The summed E-state index contributed by atoms with van der Waals surface area (Å²) in [6, 6.07) is 10.8. The first-order valence-electron chi connectivity index (χ1n) is 11.3. The van der Waals surface area contributed by atoms with Gasteiger partial charge >= 0.3 is 0 Å². The second-order valence-electron chi connectivity index (χ2n) is 8.87. The quantitative estimate of drug-likeness (QED) is 0.533. The molecule has 0 spiro atoms. The molecule has 1 aliphatic rings. The zero-order chi connectivity index (χ0) is 23.3. The van der Waals surface area contributed by atoms with E-state index in [9.17, 15) is 9.59 Å². The second-order valence-corrected chi connectivity index (χ2v) is 9.72. The van der Waals surface area contributed by atoms with Gasteiger partial charge < -0.3 is 10.2 Å². The summed E-state index contributed by atoms with van der Waals surface area (Å²) in [7, 11) is 0. The van der Waals surface area contributed by atoms with Gasteiger partial charge in [0.25, 0.3) is 0 Å². The Bertz CT molecular complexity index is 970. The second kappa shape index (κ2) is 11.2. The highest BCUT2D eigenvalue weighted by Gasteiger charge is 2.28. The third-order valence-electron chi connectivity index (χ3n) is 6.40. The number of aryl methyl sites for hydroxylation is 2. The van der Waals surface area contributed by atoms with Crippen LogP contribution in [0, 0.1) is 13.8 Å². The van der Waals surface area contributed by atoms with Gasteiger partial charge in [0, 0.05) is 22.6 Å². The first-order valence-corrected chi connectivity index (χ1v) is 12.1. The van der Waals surface area contributed by atoms with Gasteiger partial charge in [-0.3, -0.25) is 9.59 Å². The fourth-order valence-electron chi connectivity index (χ4n) is 4.17. The van der Waals surface area contributed by atoms with Crippen molar-refractivity contribution < 1.29 is 9.59 Å². The number of halogens is 2. The summed E-state index contributed by atoms with van der Waals surface area (Å²) in [5.74, 6) is -0.221. The Balaban J connectivity index is 1.80. The van der Waals surface area contributed by atoms with Crippen molar-refractivity contribution in [2.45, 2.75) is 77.9 Å². The van der Waals surface area contributed by atoms with Gasteiger partial charge in [-0.1, -0.05) is 66.7 Å². The standard InChI is InChI=1S/C26H32Cl2N2O2/c1-17-9-10-20(13-18(17)2)14-25(31)30(16-21-11-12-22(27)15-24(21)28)19(3)26(32)29-23-7-5-4-6-8-23/h9-13,15,19,23H,4-8,14,16H2,1-3H3,(H,29,32)/t19-/m0/s1. The van der Waals surface area contributed by atoms with Crippen molar-refractivity contribution in [2.24, 2.45) is 0 Å². The number of nitrogens with zero attached hydrogens (tertiary/aromatic N) is 1. The van der Waals surface area contributed by atoms with E-state index in [4.69, 9.17) is 23.2 Å². The molecule has 1 atom stereocenters. The summed E-state index contributed by atoms with van der Waals surface area (Å²) >= 11 is 12.4. The summed E-state index contributed by atoms with van der Waals surface area (Å²) < 4.78 is 0. The van der Waals surface area contributed by atoms with Crippen molar-refractivity contribution in [3.8, 4) is 0 Å². The Kier molecular flexibility index (Phi) is 8.61. The summed E-state index contributed by atoms with van der Waals surface area (Å²) in [5.41, 5.74) is 4.03. The summed E-state index contributed by atoms with van der Waals surface area (Å²) in [6.45, 7) is 6.13. The molecule has 3 rings (SSSR count). The molecule has 0 unspecified atom stereocenters. The fourth-order valence-corrected chi connectivity index (χ4v) is 4.64. The van der Waals surface area contributed by atoms with Crippen LogP contribution >= 0.6 is 23.2 Å². The average molecular weight is 475 g/mol. The normalized spacial score (nSPS) is 15.3. The molecule has 2 aromatic carbocycles. The van der Waals surface area contributed by atoms with E-state index < -0.39 is 6.04 Å². The molecule has 0 bridgehead atoms. The van der Waals surface area contributed by atoms with Gasteiger partial charge in [0.05, 0.1) is 6.42 Å². The van der Waals surface area contributed by atoms with Gasteiger partial charge in [-0.2, -0.15) is 0 Å². The van der Waals surface area contributed by atoms with Crippen LogP contribution in [0.3, 0.4) is 0 Å². The number of rotatable bonds is 7. The summed E-state index contributed by atoms with van der Waals surface area (Å²) in [4.78, 5) is 28.1. The highest BCUT2D eigenvalue weighted by molar-refractivity contribution is 6.35. The maximum absolute atomic E-state index is 13.4. The monoisotopic (exact) mass is 474 g/mol. The first-order chi connectivity index (χ1) is 15.2. The number of hydrogen-bond donors (Lipinski definition) is 1. The van der Waals surface area contributed by atoms with E-state index in [1.54, 1.807) is 24.0 Å². The van der Waals surface area contributed by atoms with Crippen molar-refractivity contribution in [2.75, 3.05) is 0 Å². The lowest BCUT2D eigenvalue weighted by Gasteiger charge is -2.31. The molecule has 0 saturated heterocycles. The number of hydrogen-bond acceptors (Lipinski definition) is 2. The minimum atomic E-state index is -0.609. The van der Waals surface area contributed by atoms with Crippen LogP contribution in [0.2, 0.25) is 10.0 Å². The molecule has 1 aliphatic carbocycles. The summed E-state index contributed by atoms with van der Waals surface area (Å²) in [6.07, 6.45) is 5.71. The Morgan fingerprint density at radius 3 is 2.41 bits per heavy atom. The van der Waals surface area contributed by atoms with Gasteiger partial charge in [0.2, 0.25) is 11.8 Å². The van der Waals surface area contributed by atoms with Crippen LogP contribution in [0.4, 0.5) is 0 Å². The Labute approximate surface area is 201 Å². The van der Waals surface area contributed by atoms with Crippen molar-refractivity contribution in [3.05, 3.63) is 68.7 Å². The van der Waals surface area contributed by atoms with E-state index in [-0.39, 0.29) is 30.8 Å². The van der Waals surface area contributed by atoms with Gasteiger partial charge in [-0.25, -0.2) is 0 Å². The number of carbonyl (C=O) groups excluding carboxylic acids is 2. The van der Waals surface area contributed by atoms with Gasteiger partial charge in [0.15, 0.2) is 0 Å². The van der Waals surface area contributed by atoms with Crippen LogP contribution in [0.5, 0.6) is 0 Å². The SMILES string of the molecule is Cc1ccc(CC(=O)N(Cc2ccc(Cl)cc2Cl)[C@@H](C)C(=O)NC2CCCCC2)cc1C. The van der Waals surface area contributed by atoms with Crippen molar-refractivity contribution >= 4 is 35.0 Å². The van der Waals surface area contributed by atoms with Crippen LogP contribution in [0.25, 0.3) is 0 Å². The molecule has 2 aromatic rings. The lowest BCUT2D eigenvalue weighted by Crippen LogP contribution is -2.50. The average Bonchev–Trinajstić information content (AvgIpc) is 2.76. The lowest BCUT2D eigenvalue weighted by molar-refractivity contribution is -0.140. The smallest absolute Gasteiger partial charge is 0.242 e. The molecule has 1 saturated carbocycles. The Hall–Kier alpha value is -2.04. The maximum atomic E-state index is 13.4. The van der Waals surface area contributed by atoms with Gasteiger partial charge in [-0.15, -0.1) is 0 Å². The summed E-state index contributed by atoms with van der Waals surface area (Å²) in [5, 5.41) is 4.18. The Morgan fingerprint density at radius 1 is 1.03 bits per heavy atom. The molecule has 6 heteroatoms. The molecule has 32 heavy (non-hydrogen) atoms. The van der Waals surface area contributed by atoms with E-state index >= 15 is 0 Å². The van der Waals surface area contributed by atoms with E-state index in [1.165, 1.54) is 12.0 Å². The highest BCUT2D eigenvalue weighted by Crippen LogP contribution is 2.24. The largest absolute Gasteiger partial charge is 0.352 e. The van der Waals surface area contributed by atoms with Crippen molar-refractivity contribution in [1.82, 2.24) is 10.2 Å². The molecule has 0 radical (unpaired) electrons. The molecular weight excluding hydrogens is 443 g/mol. The van der Waals surface area contributed by atoms with Crippen molar-refractivity contribution in [1.29, 1.82) is 0 Å². The molecule has 0 heterocycles. The lowest BCUT2D eigenvalue weighted by atomic mass is 9.95. The van der Waals surface area contributed by atoms with E-state index in [0.29, 0.717) is 10.0 Å². The molecule has 1 fully saturated rings. The zero-order valence-corrected chi connectivity index (χ0v) is 20.6. The number of amides is 2.